The first-order valence-corrected chi connectivity index (χ1v) is 10.3. The van der Waals surface area contributed by atoms with Gasteiger partial charge >= 0.3 is 0 Å². The lowest BCUT2D eigenvalue weighted by Gasteiger charge is -2.36. The van der Waals surface area contributed by atoms with Crippen LogP contribution in [0.25, 0.3) is 0 Å². The molecular formula is C22H22N8O. The van der Waals surface area contributed by atoms with Crippen molar-refractivity contribution in [2.75, 3.05) is 28.7 Å². The molecule has 2 aromatic heterocycles. The molecule has 9 heteroatoms. The molecule has 1 N–H and O–H groups in total. The number of likely N-dealkylation sites (N-methyl/N-ethyl adjacent to an activating group) is 1. The SMILES string of the molecule is CN1C(=O)[C@@H]2CCCN2c2nc(NCc3cnn(Cc4ccccc4C#N)c3)ncc21. The third-order valence-corrected chi connectivity index (χ3v) is 5.86. The van der Waals surface area contributed by atoms with E-state index in [1.807, 2.05) is 35.1 Å². The summed E-state index contributed by atoms with van der Waals surface area (Å²) in [6, 6.07) is 9.63. The topological polar surface area (TPSA) is 103 Å². The summed E-state index contributed by atoms with van der Waals surface area (Å²) in [6.07, 6.45) is 7.30. The maximum absolute atomic E-state index is 12.5. The molecule has 1 aromatic carbocycles. The van der Waals surface area contributed by atoms with E-state index in [4.69, 9.17) is 4.98 Å². The van der Waals surface area contributed by atoms with Gasteiger partial charge in [-0.05, 0) is 24.5 Å². The van der Waals surface area contributed by atoms with Gasteiger partial charge in [-0.2, -0.15) is 15.3 Å². The van der Waals surface area contributed by atoms with Crippen LogP contribution in [0.4, 0.5) is 17.5 Å². The largest absolute Gasteiger partial charge is 0.350 e. The average molecular weight is 414 g/mol. The molecule has 1 fully saturated rings. The van der Waals surface area contributed by atoms with E-state index in [0.717, 1.165) is 42.0 Å². The van der Waals surface area contributed by atoms with Crippen LogP contribution in [0.15, 0.2) is 42.9 Å². The monoisotopic (exact) mass is 414 g/mol. The maximum atomic E-state index is 12.5. The molecule has 0 radical (unpaired) electrons. The number of hydrogen-bond acceptors (Lipinski definition) is 7. The minimum atomic E-state index is -0.116. The Morgan fingerprint density at radius 2 is 2.16 bits per heavy atom. The van der Waals surface area contributed by atoms with E-state index < -0.39 is 0 Å². The molecule has 1 amide bonds. The van der Waals surface area contributed by atoms with Gasteiger partial charge < -0.3 is 15.1 Å². The second-order valence-electron chi connectivity index (χ2n) is 7.82. The molecule has 0 bridgehead atoms. The van der Waals surface area contributed by atoms with Gasteiger partial charge in [0.2, 0.25) is 11.9 Å². The predicted octanol–water partition coefficient (Wildman–Crippen LogP) is 2.15. The number of benzene rings is 1. The Bertz CT molecular complexity index is 1180. The Morgan fingerprint density at radius 3 is 3.03 bits per heavy atom. The smallest absolute Gasteiger partial charge is 0.249 e. The van der Waals surface area contributed by atoms with Gasteiger partial charge in [0.1, 0.15) is 11.7 Å². The number of nitrogens with one attached hydrogen (secondary N) is 1. The molecule has 156 valence electrons. The van der Waals surface area contributed by atoms with Crippen LogP contribution in [0.3, 0.4) is 0 Å². The molecule has 4 heterocycles. The highest BCUT2D eigenvalue weighted by Gasteiger charge is 2.40. The van der Waals surface area contributed by atoms with Crippen LogP contribution in [0.5, 0.6) is 0 Å². The molecule has 2 aliphatic rings. The van der Waals surface area contributed by atoms with Gasteiger partial charge in [-0.3, -0.25) is 9.48 Å². The van der Waals surface area contributed by atoms with Gasteiger partial charge in [-0.1, -0.05) is 18.2 Å². The molecule has 0 saturated carbocycles. The van der Waals surface area contributed by atoms with Gasteiger partial charge in [0, 0.05) is 31.9 Å². The van der Waals surface area contributed by atoms with Crippen molar-refractivity contribution >= 4 is 23.4 Å². The molecular weight excluding hydrogens is 392 g/mol. The third kappa shape index (κ3) is 3.46. The molecule has 1 saturated heterocycles. The van der Waals surface area contributed by atoms with E-state index in [9.17, 15) is 10.1 Å². The summed E-state index contributed by atoms with van der Waals surface area (Å²) < 4.78 is 1.82. The third-order valence-electron chi connectivity index (χ3n) is 5.86. The van der Waals surface area contributed by atoms with Crippen molar-refractivity contribution in [1.82, 2.24) is 19.7 Å². The molecule has 9 nitrogen and oxygen atoms in total. The Balaban J connectivity index is 1.29. The summed E-state index contributed by atoms with van der Waals surface area (Å²) in [5, 5.41) is 16.9. The van der Waals surface area contributed by atoms with E-state index in [2.05, 4.69) is 26.4 Å². The fourth-order valence-electron chi connectivity index (χ4n) is 4.23. The van der Waals surface area contributed by atoms with Crippen molar-refractivity contribution in [2.45, 2.75) is 32.0 Å². The first-order valence-electron chi connectivity index (χ1n) is 10.3. The molecule has 3 aromatic rings. The normalized spacial score (nSPS) is 17.3. The van der Waals surface area contributed by atoms with Crippen molar-refractivity contribution in [1.29, 1.82) is 5.26 Å². The van der Waals surface area contributed by atoms with Crippen molar-refractivity contribution in [3.63, 3.8) is 0 Å². The van der Waals surface area contributed by atoms with Gasteiger partial charge in [0.15, 0.2) is 5.82 Å². The van der Waals surface area contributed by atoms with E-state index in [1.54, 1.807) is 24.3 Å². The van der Waals surface area contributed by atoms with E-state index in [1.165, 1.54) is 0 Å². The number of aromatic nitrogens is 4. The lowest BCUT2D eigenvalue weighted by Crippen LogP contribution is -2.49. The molecule has 1 atom stereocenters. The van der Waals surface area contributed by atoms with Crippen LogP contribution in [0.2, 0.25) is 0 Å². The number of rotatable bonds is 5. The quantitative estimate of drug-likeness (QED) is 0.682. The molecule has 0 spiro atoms. The summed E-state index contributed by atoms with van der Waals surface area (Å²) in [5.41, 5.74) is 3.33. The van der Waals surface area contributed by atoms with Crippen LogP contribution in [0.1, 0.15) is 29.5 Å². The van der Waals surface area contributed by atoms with Crippen LogP contribution < -0.4 is 15.1 Å². The summed E-state index contributed by atoms with van der Waals surface area (Å²) in [6.45, 7) is 1.90. The minimum Gasteiger partial charge on any atom is -0.350 e. The highest BCUT2D eigenvalue weighted by Crippen LogP contribution is 2.37. The number of amides is 1. The second-order valence-corrected chi connectivity index (χ2v) is 7.82. The standard InChI is InChI=1S/C22H22N8O/c1-28-19-12-25-22(27-20(19)30-8-4-7-18(30)21(28)31)24-10-15-11-26-29(13-15)14-17-6-3-2-5-16(17)9-23/h2-3,5-6,11-13,18H,4,7-8,10,14H2,1H3,(H,24,25,27)/t18-/m0/s1. The summed E-state index contributed by atoms with van der Waals surface area (Å²) in [4.78, 5) is 25.4. The van der Waals surface area contributed by atoms with Gasteiger partial charge in [0.25, 0.3) is 0 Å². The number of nitrogens with zero attached hydrogens (tertiary/aromatic N) is 7. The highest BCUT2D eigenvalue weighted by molar-refractivity contribution is 6.04. The van der Waals surface area contributed by atoms with E-state index in [-0.39, 0.29) is 11.9 Å². The number of fused-ring (bicyclic) bond motifs is 3. The van der Waals surface area contributed by atoms with Gasteiger partial charge in [-0.25, -0.2) is 4.98 Å². The first-order chi connectivity index (χ1) is 15.1. The zero-order valence-corrected chi connectivity index (χ0v) is 17.2. The van der Waals surface area contributed by atoms with Gasteiger partial charge in [0.05, 0.1) is 30.6 Å². The number of hydrogen-bond donors (Lipinski definition) is 1. The molecule has 31 heavy (non-hydrogen) atoms. The average Bonchev–Trinajstić information content (AvgIpc) is 3.46. The van der Waals surface area contributed by atoms with E-state index >= 15 is 0 Å². The summed E-state index contributed by atoms with van der Waals surface area (Å²) >= 11 is 0. The minimum absolute atomic E-state index is 0.111. The Labute approximate surface area is 179 Å². The number of anilines is 3. The van der Waals surface area contributed by atoms with Crippen LogP contribution in [0, 0.1) is 11.3 Å². The zero-order valence-electron chi connectivity index (χ0n) is 17.2. The zero-order chi connectivity index (χ0) is 21.4. The summed E-state index contributed by atoms with van der Waals surface area (Å²) in [7, 11) is 1.78. The molecule has 0 aliphatic carbocycles. The van der Waals surface area contributed by atoms with Crippen molar-refractivity contribution in [2.24, 2.45) is 0 Å². The predicted molar refractivity (Wildman–Crippen MR) is 116 cm³/mol. The fourth-order valence-corrected chi connectivity index (χ4v) is 4.23. The molecule has 0 unspecified atom stereocenters. The lowest BCUT2D eigenvalue weighted by atomic mass is 10.1. The lowest BCUT2D eigenvalue weighted by molar-refractivity contribution is -0.119. The van der Waals surface area contributed by atoms with E-state index in [0.29, 0.717) is 24.6 Å². The Morgan fingerprint density at radius 1 is 1.29 bits per heavy atom. The van der Waals surface area contributed by atoms with Crippen molar-refractivity contribution < 1.29 is 4.79 Å². The highest BCUT2D eigenvalue weighted by atomic mass is 16.2. The fraction of sp³-hybridized carbons (Fsp3) is 0.318. The number of carbonyl (C=O) groups excluding carboxylic acids is 1. The second kappa shape index (κ2) is 7.72. The van der Waals surface area contributed by atoms with Crippen molar-refractivity contribution in [3.05, 3.63) is 59.5 Å². The van der Waals surface area contributed by atoms with Crippen LogP contribution >= 0.6 is 0 Å². The number of carbonyl (C=O) groups is 1. The summed E-state index contributed by atoms with van der Waals surface area (Å²) in [5.74, 6) is 1.44. The van der Waals surface area contributed by atoms with Crippen molar-refractivity contribution in [3.8, 4) is 6.07 Å². The maximum Gasteiger partial charge on any atom is 0.249 e. The molecule has 2 aliphatic heterocycles. The van der Waals surface area contributed by atoms with Crippen LogP contribution in [-0.2, 0) is 17.9 Å². The Kier molecular flexibility index (Phi) is 4.75. The Hall–Kier alpha value is -3.93. The first kappa shape index (κ1) is 19.1. The van der Waals surface area contributed by atoms with Gasteiger partial charge in [-0.15, -0.1) is 0 Å². The molecule has 5 rings (SSSR count). The van der Waals surface area contributed by atoms with Crippen LogP contribution in [-0.4, -0.2) is 45.3 Å². The number of nitriles is 1.